The van der Waals surface area contributed by atoms with E-state index in [4.69, 9.17) is 0 Å². The Morgan fingerprint density at radius 2 is 1.21 bits per heavy atom. The fourth-order valence-corrected chi connectivity index (χ4v) is 2.08. The minimum Gasteiger partial charge on any atom is -0.333 e. The molecule has 0 atom stereocenters. The number of hydrogen-bond donors (Lipinski definition) is 0. The molecule has 2 aromatic rings. The van der Waals surface area contributed by atoms with E-state index in [0.29, 0.717) is 6.17 Å². The molecule has 0 bridgehead atoms. The maximum absolute atomic E-state index is 2.30. The zero-order valence-electron chi connectivity index (χ0n) is 8.08. The van der Waals surface area contributed by atoms with Crippen molar-refractivity contribution in [2.45, 2.75) is 19.0 Å². The summed E-state index contributed by atoms with van der Waals surface area (Å²) in [6, 6.07) is 8.38. The highest BCUT2D eigenvalue weighted by Gasteiger charge is 2.32. The molecule has 0 amide bonds. The van der Waals surface area contributed by atoms with Crippen LogP contribution in [-0.2, 0) is 0 Å². The molecule has 0 radical (unpaired) electrons. The summed E-state index contributed by atoms with van der Waals surface area (Å²) >= 11 is 0. The van der Waals surface area contributed by atoms with Gasteiger partial charge in [0.25, 0.3) is 0 Å². The van der Waals surface area contributed by atoms with Gasteiger partial charge >= 0.3 is 0 Å². The molecule has 72 valence electrons. The average Bonchev–Trinajstić information content (AvgIpc) is 2.72. The second-order valence-electron chi connectivity index (χ2n) is 4.01. The number of rotatable bonds is 3. The van der Waals surface area contributed by atoms with Crippen molar-refractivity contribution in [2.24, 2.45) is 5.92 Å². The molecule has 2 nitrogen and oxygen atoms in total. The molecule has 1 aliphatic carbocycles. The topological polar surface area (TPSA) is 9.86 Å². The third kappa shape index (κ3) is 1.27. The standard InChI is InChI=1S/C12H14N2/c1-2-8-13(7-1)12(11-5-6-11)14-9-3-4-10-14/h1-4,7-12H,5-6H2. The average molecular weight is 186 g/mol. The van der Waals surface area contributed by atoms with Gasteiger partial charge in [0.1, 0.15) is 6.17 Å². The minimum absolute atomic E-state index is 0.500. The van der Waals surface area contributed by atoms with Crippen molar-refractivity contribution in [3.8, 4) is 0 Å². The van der Waals surface area contributed by atoms with E-state index in [1.54, 1.807) is 0 Å². The summed E-state index contributed by atoms with van der Waals surface area (Å²) in [5.74, 6) is 0.829. The van der Waals surface area contributed by atoms with Crippen LogP contribution in [0.4, 0.5) is 0 Å². The van der Waals surface area contributed by atoms with Crippen LogP contribution in [0.2, 0.25) is 0 Å². The summed E-state index contributed by atoms with van der Waals surface area (Å²) in [6.07, 6.45) is 11.8. The van der Waals surface area contributed by atoms with Gasteiger partial charge in [-0.3, -0.25) is 0 Å². The highest BCUT2D eigenvalue weighted by molar-refractivity contribution is 5.01. The largest absolute Gasteiger partial charge is 0.333 e. The Morgan fingerprint density at radius 1 is 0.786 bits per heavy atom. The first-order chi connectivity index (χ1) is 6.95. The molecule has 0 spiro atoms. The van der Waals surface area contributed by atoms with Gasteiger partial charge in [0.05, 0.1) is 0 Å². The summed E-state index contributed by atoms with van der Waals surface area (Å²) in [5, 5.41) is 0. The molecule has 3 rings (SSSR count). The SMILES string of the molecule is c1ccn(C(C2CC2)n2cccc2)c1. The Morgan fingerprint density at radius 3 is 1.57 bits per heavy atom. The van der Waals surface area contributed by atoms with Crippen LogP contribution in [0.15, 0.2) is 49.1 Å². The lowest BCUT2D eigenvalue weighted by Gasteiger charge is -2.20. The second-order valence-corrected chi connectivity index (χ2v) is 4.01. The normalized spacial score (nSPS) is 16.4. The van der Waals surface area contributed by atoms with Gasteiger partial charge < -0.3 is 9.13 Å². The fraction of sp³-hybridized carbons (Fsp3) is 0.333. The van der Waals surface area contributed by atoms with E-state index >= 15 is 0 Å². The molecule has 0 aliphatic heterocycles. The van der Waals surface area contributed by atoms with Crippen molar-refractivity contribution in [3.63, 3.8) is 0 Å². The molecular formula is C12H14N2. The predicted molar refractivity (Wildman–Crippen MR) is 56.0 cm³/mol. The van der Waals surface area contributed by atoms with E-state index < -0.39 is 0 Å². The van der Waals surface area contributed by atoms with E-state index in [-0.39, 0.29) is 0 Å². The molecule has 2 aromatic heterocycles. The first-order valence-corrected chi connectivity index (χ1v) is 5.20. The molecule has 14 heavy (non-hydrogen) atoms. The lowest BCUT2D eigenvalue weighted by Crippen LogP contribution is -2.17. The number of nitrogens with zero attached hydrogens (tertiary/aromatic N) is 2. The van der Waals surface area contributed by atoms with Crippen LogP contribution in [0.3, 0.4) is 0 Å². The zero-order chi connectivity index (χ0) is 9.38. The molecule has 1 fully saturated rings. The van der Waals surface area contributed by atoms with E-state index in [2.05, 4.69) is 58.2 Å². The van der Waals surface area contributed by atoms with Crippen LogP contribution in [-0.4, -0.2) is 9.13 Å². The predicted octanol–water partition coefficient (Wildman–Crippen LogP) is 2.75. The zero-order valence-corrected chi connectivity index (χ0v) is 8.08. The van der Waals surface area contributed by atoms with Crippen LogP contribution in [0, 0.1) is 5.92 Å². The van der Waals surface area contributed by atoms with Gasteiger partial charge in [-0.15, -0.1) is 0 Å². The summed E-state index contributed by atoms with van der Waals surface area (Å²) in [6.45, 7) is 0. The van der Waals surface area contributed by atoms with Crippen LogP contribution < -0.4 is 0 Å². The van der Waals surface area contributed by atoms with E-state index in [0.717, 1.165) is 5.92 Å². The van der Waals surface area contributed by atoms with Gasteiger partial charge in [-0.2, -0.15) is 0 Å². The molecule has 2 heteroatoms. The molecule has 0 N–H and O–H groups in total. The highest BCUT2D eigenvalue weighted by Crippen LogP contribution is 2.40. The van der Waals surface area contributed by atoms with Crippen molar-refractivity contribution >= 4 is 0 Å². The Bertz CT molecular complexity index is 348. The third-order valence-electron chi connectivity index (χ3n) is 2.91. The van der Waals surface area contributed by atoms with Crippen molar-refractivity contribution in [3.05, 3.63) is 49.1 Å². The first-order valence-electron chi connectivity index (χ1n) is 5.20. The Hall–Kier alpha value is -1.44. The van der Waals surface area contributed by atoms with Crippen molar-refractivity contribution in [1.29, 1.82) is 0 Å². The molecular weight excluding hydrogens is 172 g/mol. The summed E-state index contributed by atoms with van der Waals surface area (Å²) in [4.78, 5) is 0. The van der Waals surface area contributed by atoms with Crippen molar-refractivity contribution in [1.82, 2.24) is 9.13 Å². The van der Waals surface area contributed by atoms with Gasteiger partial charge in [0.15, 0.2) is 0 Å². The molecule has 0 saturated heterocycles. The van der Waals surface area contributed by atoms with E-state index in [1.165, 1.54) is 12.8 Å². The smallest absolute Gasteiger partial charge is 0.111 e. The number of hydrogen-bond acceptors (Lipinski definition) is 0. The van der Waals surface area contributed by atoms with Gasteiger partial charge in [-0.25, -0.2) is 0 Å². The van der Waals surface area contributed by atoms with Crippen molar-refractivity contribution in [2.75, 3.05) is 0 Å². The van der Waals surface area contributed by atoms with Gasteiger partial charge in [-0.05, 0) is 43.0 Å². The van der Waals surface area contributed by atoms with Crippen LogP contribution >= 0.6 is 0 Å². The monoisotopic (exact) mass is 186 g/mol. The van der Waals surface area contributed by atoms with Gasteiger partial charge in [-0.1, -0.05) is 0 Å². The fourth-order valence-electron chi connectivity index (χ4n) is 2.08. The first kappa shape index (κ1) is 7.92. The molecule has 0 aromatic carbocycles. The minimum atomic E-state index is 0.500. The van der Waals surface area contributed by atoms with Crippen molar-refractivity contribution < 1.29 is 0 Å². The van der Waals surface area contributed by atoms with E-state index in [9.17, 15) is 0 Å². The van der Waals surface area contributed by atoms with Gasteiger partial charge in [0.2, 0.25) is 0 Å². The summed E-state index contributed by atoms with van der Waals surface area (Å²) < 4.78 is 4.61. The molecule has 1 saturated carbocycles. The Kier molecular flexibility index (Phi) is 1.72. The van der Waals surface area contributed by atoms with E-state index in [1.807, 2.05) is 0 Å². The van der Waals surface area contributed by atoms with Crippen LogP contribution in [0.5, 0.6) is 0 Å². The lowest BCUT2D eigenvalue weighted by atomic mass is 10.3. The highest BCUT2D eigenvalue weighted by atomic mass is 15.2. The molecule has 2 heterocycles. The maximum Gasteiger partial charge on any atom is 0.111 e. The quantitative estimate of drug-likeness (QED) is 0.697. The lowest BCUT2D eigenvalue weighted by molar-refractivity contribution is 0.384. The van der Waals surface area contributed by atoms with Gasteiger partial charge in [0, 0.05) is 24.8 Å². The molecule has 1 aliphatic rings. The molecule has 0 unspecified atom stereocenters. The Labute approximate surface area is 83.8 Å². The number of aromatic nitrogens is 2. The summed E-state index contributed by atoms with van der Waals surface area (Å²) in [5.41, 5.74) is 0. The van der Waals surface area contributed by atoms with Crippen LogP contribution in [0.25, 0.3) is 0 Å². The second kappa shape index (κ2) is 3.05. The maximum atomic E-state index is 2.30. The van der Waals surface area contributed by atoms with Crippen LogP contribution in [0.1, 0.15) is 19.0 Å². The summed E-state index contributed by atoms with van der Waals surface area (Å²) in [7, 11) is 0. The Balaban J connectivity index is 1.97. The third-order valence-corrected chi connectivity index (χ3v) is 2.91.